The number of rotatable bonds is 5. The van der Waals surface area contributed by atoms with E-state index in [-0.39, 0.29) is 23.9 Å². The van der Waals surface area contributed by atoms with Crippen LogP contribution in [0.1, 0.15) is 23.2 Å². The minimum absolute atomic E-state index is 0.239. The number of amides is 1. The molecule has 0 bridgehead atoms. The topological polar surface area (TPSA) is 59.5 Å². The lowest BCUT2D eigenvalue weighted by Crippen LogP contribution is -2.28. The third-order valence-corrected chi connectivity index (χ3v) is 2.42. The third-order valence-electron chi connectivity index (χ3n) is 2.42. The Morgan fingerprint density at radius 2 is 2.22 bits per heavy atom. The van der Waals surface area contributed by atoms with Gasteiger partial charge in [-0.05, 0) is 12.5 Å². The summed E-state index contributed by atoms with van der Waals surface area (Å²) in [6, 6.07) is 2.53. The predicted octanol–water partition coefficient (Wildman–Crippen LogP) is 1.25. The minimum atomic E-state index is -0.691. The largest absolute Gasteiger partial charge is 0.469 e. The average Bonchev–Trinajstić information content (AvgIpc) is 2.37. The fraction of sp³-hybridized carbons (Fsp3) is 0.417. The molecule has 1 rings (SSSR count). The second-order valence-electron chi connectivity index (χ2n) is 3.77. The van der Waals surface area contributed by atoms with Crippen LogP contribution in [0.15, 0.2) is 18.3 Å². The SMILES string of the molecule is COC(=O)CCCN(C)C(=O)c1ccnc(F)c1. The van der Waals surface area contributed by atoms with Crippen LogP contribution in [0.25, 0.3) is 0 Å². The van der Waals surface area contributed by atoms with Gasteiger partial charge in [0, 0.05) is 37.8 Å². The molecule has 98 valence electrons. The molecule has 0 unspecified atom stereocenters. The lowest BCUT2D eigenvalue weighted by atomic mass is 10.2. The van der Waals surface area contributed by atoms with Crippen molar-refractivity contribution in [1.29, 1.82) is 0 Å². The van der Waals surface area contributed by atoms with Crippen molar-refractivity contribution in [3.05, 3.63) is 29.8 Å². The zero-order valence-electron chi connectivity index (χ0n) is 10.4. The van der Waals surface area contributed by atoms with Crippen LogP contribution in [0.3, 0.4) is 0 Å². The van der Waals surface area contributed by atoms with Gasteiger partial charge in [0.2, 0.25) is 5.95 Å². The second-order valence-corrected chi connectivity index (χ2v) is 3.77. The molecule has 0 aliphatic heterocycles. The molecule has 0 fully saturated rings. The van der Waals surface area contributed by atoms with Crippen LogP contribution >= 0.6 is 0 Å². The fourth-order valence-corrected chi connectivity index (χ4v) is 1.42. The van der Waals surface area contributed by atoms with Crippen LogP contribution in [-0.4, -0.2) is 42.5 Å². The molecular formula is C12H15FN2O3. The highest BCUT2D eigenvalue weighted by Crippen LogP contribution is 2.05. The quantitative estimate of drug-likeness (QED) is 0.586. The standard InChI is InChI=1S/C12H15FN2O3/c1-15(7-3-4-11(16)18-2)12(17)9-5-6-14-10(13)8-9/h5-6,8H,3-4,7H2,1-2H3. The Kier molecular flexibility index (Phi) is 5.23. The molecule has 0 saturated heterocycles. The maximum absolute atomic E-state index is 12.9. The van der Waals surface area contributed by atoms with Crippen molar-refractivity contribution in [1.82, 2.24) is 9.88 Å². The summed E-state index contributed by atoms with van der Waals surface area (Å²) < 4.78 is 17.3. The van der Waals surface area contributed by atoms with Crippen LogP contribution in [0.5, 0.6) is 0 Å². The number of carbonyl (C=O) groups excluding carboxylic acids is 2. The molecule has 0 aliphatic rings. The number of methoxy groups -OCH3 is 1. The minimum Gasteiger partial charge on any atom is -0.469 e. The molecular weight excluding hydrogens is 239 g/mol. The summed E-state index contributed by atoms with van der Waals surface area (Å²) in [5.74, 6) is -1.31. The number of carbonyl (C=O) groups is 2. The molecule has 0 spiro atoms. The van der Waals surface area contributed by atoms with Gasteiger partial charge in [-0.25, -0.2) is 4.98 Å². The molecule has 1 aromatic heterocycles. The van der Waals surface area contributed by atoms with Gasteiger partial charge in [0.1, 0.15) is 0 Å². The van der Waals surface area contributed by atoms with Crippen molar-refractivity contribution in [2.45, 2.75) is 12.8 Å². The van der Waals surface area contributed by atoms with Gasteiger partial charge in [0.15, 0.2) is 0 Å². The van der Waals surface area contributed by atoms with Gasteiger partial charge in [0.05, 0.1) is 7.11 Å². The predicted molar refractivity (Wildman–Crippen MR) is 62.4 cm³/mol. The highest BCUT2D eigenvalue weighted by Gasteiger charge is 2.12. The number of halogens is 1. The summed E-state index contributed by atoms with van der Waals surface area (Å²) in [7, 11) is 2.91. The van der Waals surface area contributed by atoms with E-state index in [0.29, 0.717) is 13.0 Å². The Bertz CT molecular complexity index is 437. The highest BCUT2D eigenvalue weighted by atomic mass is 19.1. The first-order valence-electron chi connectivity index (χ1n) is 5.48. The summed E-state index contributed by atoms with van der Waals surface area (Å²) in [6.07, 6.45) is 1.99. The van der Waals surface area contributed by atoms with Gasteiger partial charge >= 0.3 is 5.97 Å². The van der Waals surface area contributed by atoms with Crippen molar-refractivity contribution in [3.63, 3.8) is 0 Å². The Hall–Kier alpha value is -1.98. The first kappa shape index (κ1) is 14.1. The van der Waals surface area contributed by atoms with E-state index in [0.717, 1.165) is 6.07 Å². The fourth-order valence-electron chi connectivity index (χ4n) is 1.42. The number of esters is 1. The van der Waals surface area contributed by atoms with E-state index in [1.807, 2.05) is 0 Å². The number of hydrogen-bond donors (Lipinski definition) is 0. The Balaban J connectivity index is 2.49. The Morgan fingerprint density at radius 1 is 1.50 bits per heavy atom. The number of hydrogen-bond acceptors (Lipinski definition) is 4. The molecule has 1 amide bonds. The van der Waals surface area contributed by atoms with Crippen LogP contribution in [0.2, 0.25) is 0 Å². The van der Waals surface area contributed by atoms with Crippen molar-refractivity contribution in [2.24, 2.45) is 0 Å². The molecule has 0 aromatic carbocycles. The number of pyridine rings is 1. The summed E-state index contributed by atoms with van der Waals surface area (Å²) in [5.41, 5.74) is 0.239. The number of aromatic nitrogens is 1. The molecule has 1 heterocycles. The second kappa shape index (κ2) is 6.68. The Labute approximate surface area is 105 Å². The smallest absolute Gasteiger partial charge is 0.305 e. The molecule has 0 aliphatic carbocycles. The van der Waals surface area contributed by atoms with Gasteiger partial charge in [-0.3, -0.25) is 9.59 Å². The van der Waals surface area contributed by atoms with Gasteiger partial charge in [-0.2, -0.15) is 4.39 Å². The zero-order chi connectivity index (χ0) is 13.5. The average molecular weight is 254 g/mol. The molecule has 0 N–H and O–H groups in total. The van der Waals surface area contributed by atoms with E-state index in [4.69, 9.17) is 0 Å². The van der Waals surface area contributed by atoms with Crippen molar-refractivity contribution in [2.75, 3.05) is 20.7 Å². The molecule has 0 atom stereocenters. The monoisotopic (exact) mass is 254 g/mol. The number of nitrogens with zero attached hydrogens (tertiary/aromatic N) is 2. The van der Waals surface area contributed by atoms with Crippen molar-refractivity contribution in [3.8, 4) is 0 Å². The normalized spacial score (nSPS) is 9.94. The van der Waals surface area contributed by atoms with Crippen molar-refractivity contribution < 1.29 is 18.7 Å². The third kappa shape index (κ3) is 4.12. The molecule has 0 saturated carbocycles. The summed E-state index contributed by atoms with van der Waals surface area (Å²) in [5, 5.41) is 0. The van der Waals surface area contributed by atoms with Crippen LogP contribution in [0.4, 0.5) is 4.39 Å². The highest BCUT2D eigenvalue weighted by molar-refractivity contribution is 5.93. The van der Waals surface area contributed by atoms with E-state index in [2.05, 4.69) is 9.72 Å². The molecule has 6 heteroatoms. The van der Waals surface area contributed by atoms with Gasteiger partial charge in [-0.15, -0.1) is 0 Å². The number of ether oxygens (including phenoxy) is 1. The Morgan fingerprint density at radius 3 is 2.83 bits per heavy atom. The lowest BCUT2D eigenvalue weighted by Gasteiger charge is -2.16. The van der Waals surface area contributed by atoms with Gasteiger partial charge < -0.3 is 9.64 Å². The molecule has 5 nitrogen and oxygen atoms in total. The van der Waals surface area contributed by atoms with E-state index in [9.17, 15) is 14.0 Å². The summed E-state index contributed by atoms with van der Waals surface area (Å²) in [4.78, 5) is 27.6. The van der Waals surface area contributed by atoms with Gasteiger partial charge in [0.25, 0.3) is 5.91 Å². The molecule has 0 radical (unpaired) electrons. The first-order chi connectivity index (χ1) is 8.54. The zero-order valence-corrected chi connectivity index (χ0v) is 10.4. The van der Waals surface area contributed by atoms with Crippen molar-refractivity contribution >= 4 is 11.9 Å². The lowest BCUT2D eigenvalue weighted by molar-refractivity contribution is -0.140. The summed E-state index contributed by atoms with van der Waals surface area (Å²) in [6.45, 7) is 0.401. The summed E-state index contributed by atoms with van der Waals surface area (Å²) >= 11 is 0. The molecule has 18 heavy (non-hydrogen) atoms. The first-order valence-corrected chi connectivity index (χ1v) is 5.48. The maximum atomic E-state index is 12.9. The maximum Gasteiger partial charge on any atom is 0.305 e. The van der Waals surface area contributed by atoms with Crippen LogP contribution in [-0.2, 0) is 9.53 Å². The van der Waals surface area contributed by atoms with Crippen LogP contribution in [0, 0.1) is 5.95 Å². The van der Waals surface area contributed by atoms with E-state index in [1.54, 1.807) is 7.05 Å². The van der Waals surface area contributed by atoms with Crippen LogP contribution < -0.4 is 0 Å². The van der Waals surface area contributed by atoms with E-state index < -0.39 is 5.95 Å². The van der Waals surface area contributed by atoms with E-state index in [1.165, 1.54) is 24.3 Å². The van der Waals surface area contributed by atoms with Gasteiger partial charge in [-0.1, -0.05) is 0 Å². The van der Waals surface area contributed by atoms with E-state index >= 15 is 0 Å². The molecule has 1 aromatic rings.